The Labute approximate surface area is 196 Å². The van der Waals surface area contributed by atoms with Crippen LogP contribution in [0.25, 0.3) is 10.9 Å². The molecule has 3 aromatic carbocycles. The van der Waals surface area contributed by atoms with Gasteiger partial charge in [0.15, 0.2) is 0 Å². The van der Waals surface area contributed by atoms with Crippen LogP contribution in [-0.4, -0.2) is 25.6 Å². The highest BCUT2D eigenvalue weighted by Gasteiger charge is 2.23. The van der Waals surface area contributed by atoms with E-state index in [9.17, 15) is 22.0 Å². The Morgan fingerprint density at radius 1 is 0.971 bits per heavy atom. The fraction of sp³-hybridized carbons (Fsp3) is 0.192. The zero-order chi connectivity index (χ0) is 24.5. The minimum Gasteiger partial charge on any atom is -0.466 e. The van der Waals surface area contributed by atoms with E-state index in [1.54, 1.807) is 31.2 Å². The second kappa shape index (κ2) is 9.38. The molecule has 0 saturated carbocycles. The summed E-state index contributed by atoms with van der Waals surface area (Å²) in [6.07, 6.45) is -0.0256. The van der Waals surface area contributed by atoms with Crippen LogP contribution in [0.4, 0.5) is 8.78 Å². The van der Waals surface area contributed by atoms with Crippen LogP contribution in [0.5, 0.6) is 0 Å². The molecule has 0 aliphatic rings. The minimum absolute atomic E-state index is 0.0134. The average Bonchev–Trinajstić information content (AvgIpc) is 3.05. The molecule has 34 heavy (non-hydrogen) atoms. The summed E-state index contributed by atoms with van der Waals surface area (Å²) in [5.74, 6) is -1.38. The smallest absolute Gasteiger partial charge is 0.310 e. The Kier molecular flexibility index (Phi) is 6.52. The lowest BCUT2D eigenvalue weighted by atomic mass is 10.1. The molecular formula is C26H23F2NO4S. The van der Waals surface area contributed by atoms with Gasteiger partial charge < -0.3 is 9.30 Å². The van der Waals surface area contributed by atoms with Gasteiger partial charge in [0.05, 0.1) is 22.8 Å². The Morgan fingerprint density at radius 2 is 1.65 bits per heavy atom. The number of aromatic nitrogens is 1. The maximum absolute atomic E-state index is 14.1. The lowest BCUT2D eigenvalue weighted by Crippen LogP contribution is -2.11. The maximum atomic E-state index is 14.1. The van der Waals surface area contributed by atoms with Gasteiger partial charge in [-0.1, -0.05) is 18.2 Å². The summed E-state index contributed by atoms with van der Waals surface area (Å²) in [7, 11) is -3.91. The van der Waals surface area contributed by atoms with Crippen molar-refractivity contribution in [3.63, 3.8) is 0 Å². The zero-order valence-corrected chi connectivity index (χ0v) is 19.5. The molecule has 5 nitrogen and oxygen atoms in total. The number of carbonyl (C=O) groups excluding carboxylic acids is 1. The molecule has 0 N–H and O–H groups in total. The summed E-state index contributed by atoms with van der Waals surface area (Å²) in [6, 6.07) is 15.6. The van der Waals surface area contributed by atoms with Crippen LogP contribution in [0.3, 0.4) is 0 Å². The first-order valence-electron chi connectivity index (χ1n) is 10.7. The molecule has 1 heterocycles. The Hall–Kier alpha value is -3.52. The largest absolute Gasteiger partial charge is 0.466 e. The molecule has 4 aromatic rings. The molecule has 1 aromatic heterocycles. The van der Waals surface area contributed by atoms with Crippen LogP contribution in [-0.2, 0) is 32.3 Å². The lowest BCUT2D eigenvalue weighted by molar-refractivity contribution is -0.142. The fourth-order valence-corrected chi connectivity index (χ4v) is 5.60. The van der Waals surface area contributed by atoms with Crippen molar-refractivity contribution in [1.29, 1.82) is 0 Å². The highest BCUT2D eigenvalue weighted by molar-refractivity contribution is 7.91. The van der Waals surface area contributed by atoms with Gasteiger partial charge in [-0.05, 0) is 73.5 Å². The van der Waals surface area contributed by atoms with Gasteiger partial charge in [0.1, 0.15) is 11.6 Å². The number of rotatable bonds is 7. The van der Waals surface area contributed by atoms with Crippen LogP contribution >= 0.6 is 0 Å². The summed E-state index contributed by atoms with van der Waals surface area (Å²) in [4.78, 5) is 12.3. The van der Waals surface area contributed by atoms with E-state index >= 15 is 0 Å². The van der Waals surface area contributed by atoms with Crippen molar-refractivity contribution in [3.05, 3.63) is 95.2 Å². The molecule has 0 unspecified atom stereocenters. The third-order valence-electron chi connectivity index (χ3n) is 5.76. The molecule has 0 amide bonds. The molecule has 176 valence electrons. The first-order valence-corrected chi connectivity index (χ1v) is 12.2. The van der Waals surface area contributed by atoms with Gasteiger partial charge in [0, 0.05) is 23.1 Å². The number of hydrogen-bond donors (Lipinski definition) is 0. The van der Waals surface area contributed by atoms with E-state index in [-0.39, 0.29) is 29.4 Å². The van der Waals surface area contributed by atoms with Crippen molar-refractivity contribution < 1.29 is 26.7 Å². The van der Waals surface area contributed by atoms with E-state index in [1.807, 2.05) is 11.5 Å². The van der Waals surface area contributed by atoms with Crippen molar-refractivity contribution in [2.24, 2.45) is 0 Å². The van der Waals surface area contributed by atoms with Crippen LogP contribution in [0.1, 0.15) is 23.7 Å². The van der Waals surface area contributed by atoms with Gasteiger partial charge >= 0.3 is 5.97 Å². The van der Waals surface area contributed by atoms with Crippen LogP contribution in [0, 0.1) is 18.6 Å². The van der Waals surface area contributed by atoms with Crippen molar-refractivity contribution in [2.75, 3.05) is 6.61 Å². The molecule has 4 rings (SSSR count). The van der Waals surface area contributed by atoms with Crippen LogP contribution in [0.2, 0.25) is 0 Å². The van der Waals surface area contributed by atoms with Gasteiger partial charge in [-0.25, -0.2) is 17.2 Å². The molecule has 0 aliphatic heterocycles. The number of hydrogen-bond acceptors (Lipinski definition) is 4. The van der Waals surface area contributed by atoms with E-state index < -0.39 is 27.4 Å². The third kappa shape index (κ3) is 4.46. The summed E-state index contributed by atoms with van der Waals surface area (Å²) in [5.41, 5.74) is 2.53. The lowest BCUT2D eigenvalue weighted by Gasteiger charge is -2.14. The van der Waals surface area contributed by atoms with Gasteiger partial charge in [0.25, 0.3) is 0 Å². The highest BCUT2D eigenvalue weighted by atomic mass is 32.2. The standard InChI is InChI=1S/C26H23F2NO4S/c1-3-33-26(30)15-22-17(2)29(24-13-10-20(28)14-23(22)24)16-18-6-4-5-7-25(18)34(31,32)21-11-8-19(27)9-12-21/h4-14H,3,15-16H2,1-2H3. The van der Waals surface area contributed by atoms with Crippen LogP contribution < -0.4 is 0 Å². The second-order valence-corrected chi connectivity index (χ2v) is 9.78. The average molecular weight is 484 g/mol. The first kappa shape index (κ1) is 23.6. The zero-order valence-electron chi connectivity index (χ0n) is 18.7. The predicted molar refractivity (Wildman–Crippen MR) is 124 cm³/mol. The van der Waals surface area contributed by atoms with Crippen LogP contribution in [0.15, 0.2) is 76.5 Å². The topological polar surface area (TPSA) is 65.4 Å². The number of halogens is 2. The summed E-state index contributed by atoms with van der Waals surface area (Å²) >= 11 is 0. The van der Waals surface area contributed by atoms with E-state index in [4.69, 9.17) is 4.74 Å². The minimum atomic E-state index is -3.91. The Morgan fingerprint density at radius 3 is 2.35 bits per heavy atom. The van der Waals surface area contributed by atoms with Crippen molar-refractivity contribution in [1.82, 2.24) is 4.57 Å². The van der Waals surface area contributed by atoms with Gasteiger partial charge in [-0.3, -0.25) is 4.79 Å². The SMILES string of the molecule is CCOC(=O)Cc1c(C)n(Cc2ccccc2S(=O)(=O)c2ccc(F)cc2)c2ccc(F)cc12. The monoisotopic (exact) mass is 483 g/mol. The normalized spacial score (nSPS) is 11.6. The molecule has 0 atom stereocenters. The number of ether oxygens (including phenoxy) is 1. The summed E-state index contributed by atoms with van der Waals surface area (Å²) < 4.78 is 61.0. The number of nitrogens with zero attached hydrogens (tertiary/aromatic N) is 1. The number of carbonyl (C=O) groups is 1. The number of fused-ring (bicyclic) bond motifs is 1. The van der Waals surface area contributed by atoms with E-state index in [1.165, 1.54) is 30.3 Å². The molecule has 0 aliphatic carbocycles. The molecule has 0 fully saturated rings. The summed E-state index contributed by atoms with van der Waals surface area (Å²) in [5, 5.41) is 0.574. The van der Waals surface area contributed by atoms with E-state index in [0.717, 1.165) is 12.1 Å². The second-order valence-electron chi connectivity index (χ2n) is 7.86. The van der Waals surface area contributed by atoms with E-state index in [0.29, 0.717) is 27.7 Å². The number of esters is 1. The van der Waals surface area contributed by atoms with Gasteiger partial charge in [-0.2, -0.15) is 0 Å². The molecule has 0 radical (unpaired) electrons. The third-order valence-corrected chi connectivity index (χ3v) is 7.63. The molecule has 0 saturated heterocycles. The molecule has 0 bridgehead atoms. The molecular weight excluding hydrogens is 460 g/mol. The number of benzene rings is 3. The predicted octanol–water partition coefficient (Wildman–Crippen LogP) is 5.21. The number of sulfone groups is 1. The molecule has 0 spiro atoms. The van der Waals surface area contributed by atoms with Crippen molar-refractivity contribution >= 4 is 26.7 Å². The Balaban J connectivity index is 1.82. The maximum Gasteiger partial charge on any atom is 0.310 e. The Bertz CT molecular complexity index is 1470. The quantitative estimate of drug-likeness (QED) is 0.267. The summed E-state index contributed by atoms with van der Waals surface area (Å²) in [6.45, 7) is 3.93. The first-order chi connectivity index (χ1) is 16.2. The van der Waals surface area contributed by atoms with Crippen molar-refractivity contribution in [3.8, 4) is 0 Å². The van der Waals surface area contributed by atoms with E-state index in [2.05, 4.69) is 0 Å². The van der Waals surface area contributed by atoms with Crippen molar-refractivity contribution in [2.45, 2.75) is 36.6 Å². The highest BCUT2D eigenvalue weighted by Crippen LogP contribution is 2.31. The fourth-order valence-electron chi connectivity index (χ4n) is 4.11. The van der Waals surface area contributed by atoms with Gasteiger partial charge in [-0.15, -0.1) is 0 Å². The molecule has 8 heteroatoms. The van der Waals surface area contributed by atoms with Gasteiger partial charge in [0.2, 0.25) is 9.84 Å².